The highest BCUT2D eigenvalue weighted by atomic mass is 16.2. The van der Waals surface area contributed by atoms with Crippen LogP contribution in [-0.4, -0.2) is 15.0 Å². The number of rotatable bonds is 3. The van der Waals surface area contributed by atoms with Gasteiger partial charge in [0.15, 0.2) is 0 Å². The molecule has 0 spiro atoms. The summed E-state index contributed by atoms with van der Waals surface area (Å²) in [5, 5.41) is 0. The molecule has 0 radical (unpaired) electrons. The van der Waals surface area contributed by atoms with Gasteiger partial charge in [-0.05, 0) is 6.92 Å². The predicted molar refractivity (Wildman–Crippen MR) is 69.8 cm³/mol. The number of aryl methyl sites for hydroxylation is 2. The molecule has 1 heterocycles. The van der Waals surface area contributed by atoms with Gasteiger partial charge in [0.1, 0.15) is 0 Å². The summed E-state index contributed by atoms with van der Waals surface area (Å²) in [6.45, 7) is 8.46. The fourth-order valence-corrected chi connectivity index (χ4v) is 1.48. The third kappa shape index (κ3) is 2.29. The largest absolute Gasteiger partial charge is 0.337 e. The molecule has 94 valence electrons. The van der Waals surface area contributed by atoms with E-state index in [1.807, 2.05) is 0 Å². The Hall–Kier alpha value is -2.43. The average Bonchev–Trinajstić information content (AvgIpc) is 2.33. The molecule has 1 rings (SSSR count). The van der Waals surface area contributed by atoms with Crippen LogP contribution in [0.3, 0.4) is 0 Å². The van der Waals surface area contributed by atoms with Gasteiger partial charge in [-0.2, -0.15) is 4.57 Å². The first-order valence-electron chi connectivity index (χ1n) is 5.23. The van der Waals surface area contributed by atoms with Crippen LogP contribution in [0.15, 0.2) is 52.7 Å². The van der Waals surface area contributed by atoms with Crippen molar-refractivity contribution in [3.8, 4) is 0 Å². The smallest absolute Gasteiger partial charge is 0.303 e. The summed E-state index contributed by atoms with van der Waals surface area (Å²) in [6, 6.07) is 0. The minimum atomic E-state index is -0.709. The van der Waals surface area contributed by atoms with Gasteiger partial charge in [0.2, 0.25) is 0 Å². The van der Waals surface area contributed by atoms with Crippen molar-refractivity contribution in [2.75, 3.05) is 0 Å². The molecule has 0 bridgehead atoms. The van der Waals surface area contributed by atoms with Crippen molar-refractivity contribution in [1.29, 1.82) is 0 Å². The van der Waals surface area contributed by atoms with Crippen molar-refractivity contribution in [1.82, 2.24) is 9.13 Å². The van der Waals surface area contributed by atoms with Crippen molar-refractivity contribution in [3.05, 3.63) is 69.6 Å². The second-order valence-electron chi connectivity index (χ2n) is 3.71. The first kappa shape index (κ1) is 13.6. The average molecular weight is 246 g/mol. The predicted octanol–water partition coefficient (Wildman–Crippen LogP) is 0.794. The molecule has 0 atom stereocenters. The highest BCUT2D eigenvalue weighted by molar-refractivity contribution is 5.98. The minimum absolute atomic E-state index is 0.134. The number of allylic oxidation sites excluding steroid dienone is 4. The van der Waals surface area contributed by atoms with E-state index in [4.69, 9.17) is 0 Å². The third-order valence-corrected chi connectivity index (χ3v) is 2.39. The van der Waals surface area contributed by atoms with E-state index < -0.39 is 17.2 Å². The Morgan fingerprint density at radius 3 is 2.44 bits per heavy atom. The Bertz CT molecular complexity index is 626. The SMILES string of the molecule is C=C/C=C(\C=C)C(=O)n1c(=O)c(C)cn(C)c1=O. The summed E-state index contributed by atoms with van der Waals surface area (Å²) in [6.07, 6.45) is 5.45. The lowest BCUT2D eigenvalue weighted by molar-refractivity contribution is 0.0947. The first-order valence-corrected chi connectivity index (χ1v) is 5.23. The van der Waals surface area contributed by atoms with Gasteiger partial charge < -0.3 is 4.57 Å². The van der Waals surface area contributed by atoms with Crippen LogP contribution in [0.25, 0.3) is 0 Å². The van der Waals surface area contributed by atoms with Crippen LogP contribution >= 0.6 is 0 Å². The highest BCUT2D eigenvalue weighted by Crippen LogP contribution is 1.99. The van der Waals surface area contributed by atoms with E-state index in [1.54, 1.807) is 0 Å². The van der Waals surface area contributed by atoms with Crippen LogP contribution in [0.2, 0.25) is 0 Å². The van der Waals surface area contributed by atoms with Crippen molar-refractivity contribution in [3.63, 3.8) is 0 Å². The lowest BCUT2D eigenvalue weighted by Crippen LogP contribution is -2.43. The van der Waals surface area contributed by atoms with Gasteiger partial charge in [0.05, 0.1) is 0 Å². The summed E-state index contributed by atoms with van der Waals surface area (Å²) >= 11 is 0. The molecule has 5 heteroatoms. The number of carbonyl (C=O) groups is 1. The third-order valence-electron chi connectivity index (χ3n) is 2.39. The second kappa shape index (κ2) is 5.27. The Balaban J connectivity index is 3.62. The molecule has 5 nitrogen and oxygen atoms in total. The second-order valence-corrected chi connectivity index (χ2v) is 3.71. The molecule has 1 aromatic rings. The van der Waals surface area contributed by atoms with Gasteiger partial charge in [-0.25, -0.2) is 4.79 Å². The van der Waals surface area contributed by atoms with Gasteiger partial charge in [-0.3, -0.25) is 9.59 Å². The number of carbonyl (C=O) groups excluding carboxylic acids is 1. The summed E-state index contributed by atoms with van der Waals surface area (Å²) in [5.74, 6) is -0.709. The first-order chi connectivity index (χ1) is 8.43. The molecule has 18 heavy (non-hydrogen) atoms. The summed E-state index contributed by atoms with van der Waals surface area (Å²) < 4.78 is 1.77. The summed E-state index contributed by atoms with van der Waals surface area (Å²) in [4.78, 5) is 35.7. The van der Waals surface area contributed by atoms with Crippen molar-refractivity contribution in [2.45, 2.75) is 6.92 Å². The molecule has 0 amide bonds. The van der Waals surface area contributed by atoms with Crippen LogP contribution < -0.4 is 11.2 Å². The molecular weight excluding hydrogens is 232 g/mol. The summed E-state index contributed by atoms with van der Waals surface area (Å²) in [7, 11) is 1.48. The quantitative estimate of drug-likeness (QED) is 0.585. The maximum absolute atomic E-state index is 12.1. The van der Waals surface area contributed by atoms with Crippen LogP contribution in [-0.2, 0) is 7.05 Å². The van der Waals surface area contributed by atoms with E-state index in [9.17, 15) is 14.4 Å². The van der Waals surface area contributed by atoms with Crippen molar-refractivity contribution < 1.29 is 4.79 Å². The van der Waals surface area contributed by atoms with E-state index in [1.165, 1.54) is 43.0 Å². The van der Waals surface area contributed by atoms with Gasteiger partial charge >= 0.3 is 5.69 Å². The van der Waals surface area contributed by atoms with Crippen LogP contribution in [0.5, 0.6) is 0 Å². The Labute approximate surface area is 104 Å². The normalized spacial score (nSPS) is 11.1. The van der Waals surface area contributed by atoms with E-state index >= 15 is 0 Å². The molecule has 0 N–H and O–H groups in total. The van der Waals surface area contributed by atoms with Gasteiger partial charge in [0.25, 0.3) is 11.5 Å². The van der Waals surface area contributed by atoms with Crippen molar-refractivity contribution in [2.24, 2.45) is 7.05 Å². The minimum Gasteiger partial charge on any atom is -0.303 e. The maximum atomic E-state index is 12.1. The Morgan fingerprint density at radius 1 is 1.33 bits per heavy atom. The van der Waals surface area contributed by atoms with Gasteiger partial charge in [-0.1, -0.05) is 31.4 Å². The fraction of sp³-hybridized carbons (Fsp3) is 0.154. The molecule has 0 saturated heterocycles. The number of hydrogen-bond donors (Lipinski definition) is 0. The fourth-order valence-electron chi connectivity index (χ4n) is 1.48. The van der Waals surface area contributed by atoms with Gasteiger partial charge in [0, 0.05) is 24.4 Å². The number of aromatic nitrogens is 2. The van der Waals surface area contributed by atoms with Crippen LogP contribution in [0, 0.1) is 6.92 Å². The van der Waals surface area contributed by atoms with E-state index in [0.717, 1.165) is 0 Å². The molecule has 0 saturated carbocycles. The highest BCUT2D eigenvalue weighted by Gasteiger charge is 2.16. The molecule has 0 aromatic carbocycles. The van der Waals surface area contributed by atoms with Crippen LogP contribution in [0.4, 0.5) is 0 Å². The Kier molecular flexibility index (Phi) is 3.99. The zero-order valence-electron chi connectivity index (χ0n) is 10.3. The monoisotopic (exact) mass is 246 g/mol. The lowest BCUT2D eigenvalue weighted by atomic mass is 10.2. The molecule has 0 aliphatic rings. The molecular formula is C13H14N2O3. The van der Waals surface area contributed by atoms with E-state index in [0.29, 0.717) is 10.1 Å². The van der Waals surface area contributed by atoms with Crippen molar-refractivity contribution >= 4 is 5.91 Å². The van der Waals surface area contributed by atoms with E-state index in [2.05, 4.69) is 13.2 Å². The van der Waals surface area contributed by atoms with Crippen LogP contribution in [0.1, 0.15) is 10.4 Å². The summed E-state index contributed by atoms with van der Waals surface area (Å²) in [5.41, 5.74) is -0.866. The number of nitrogens with zero attached hydrogens (tertiary/aromatic N) is 2. The standard InChI is InChI=1S/C13H14N2O3/c1-5-7-10(6-2)12(17)15-11(16)9(3)8-14(4)13(15)18/h5-8H,1-2H2,3-4H3/b10-7+. The molecule has 0 unspecified atom stereocenters. The molecule has 0 fully saturated rings. The van der Waals surface area contributed by atoms with E-state index in [-0.39, 0.29) is 5.57 Å². The Morgan fingerprint density at radius 2 is 1.94 bits per heavy atom. The number of hydrogen-bond acceptors (Lipinski definition) is 3. The topological polar surface area (TPSA) is 61.1 Å². The molecule has 0 aliphatic heterocycles. The lowest BCUT2D eigenvalue weighted by Gasteiger charge is -2.07. The molecule has 1 aromatic heterocycles. The zero-order valence-corrected chi connectivity index (χ0v) is 10.3. The maximum Gasteiger partial charge on any atom is 0.337 e. The molecule has 0 aliphatic carbocycles. The van der Waals surface area contributed by atoms with Gasteiger partial charge in [-0.15, -0.1) is 0 Å². The zero-order chi connectivity index (χ0) is 13.9.